The maximum Gasteiger partial charge on any atom is 0.107 e. The highest BCUT2D eigenvalue weighted by Gasteiger charge is 2.36. The van der Waals surface area contributed by atoms with Gasteiger partial charge < -0.3 is 10.7 Å². The van der Waals surface area contributed by atoms with Crippen molar-refractivity contribution in [2.75, 3.05) is 6.54 Å². The molecule has 1 aromatic heterocycles. The van der Waals surface area contributed by atoms with Crippen LogP contribution in [0.1, 0.15) is 37.6 Å². The number of nitrogens with one attached hydrogen (secondary N) is 1. The zero-order valence-electron chi connectivity index (χ0n) is 11.0. The lowest BCUT2D eigenvalue weighted by atomic mass is 9.66. The van der Waals surface area contributed by atoms with Crippen LogP contribution in [0.3, 0.4) is 0 Å². The van der Waals surface area contributed by atoms with Gasteiger partial charge in [0.2, 0.25) is 0 Å². The fourth-order valence-corrected chi connectivity index (χ4v) is 2.90. The second kappa shape index (κ2) is 4.39. The summed E-state index contributed by atoms with van der Waals surface area (Å²) in [4.78, 5) is 8.15. The smallest absolute Gasteiger partial charge is 0.107 e. The molecule has 0 spiro atoms. The van der Waals surface area contributed by atoms with Crippen LogP contribution in [0.15, 0.2) is 18.2 Å². The third-order valence-electron chi connectivity index (χ3n) is 4.39. The molecule has 1 aliphatic rings. The number of fused-ring (bicyclic) bond motifs is 1. The van der Waals surface area contributed by atoms with Crippen molar-refractivity contribution in [2.24, 2.45) is 11.1 Å². The van der Waals surface area contributed by atoms with Crippen molar-refractivity contribution < 1.29 is 0 Å². The van der Waals surface area contributed by atoms with Crippen molar-refractivity contribution in [3.05, 3.63) is 29.6 Å². The van der Waals surface area contributed by atoms with Crippen molar-refractivity contribution in [3.63, 3.8) is 0 Å². The third-order valence-corrected chi connectivity index (χ3v) is 4.39. The molecule has 0 aliphatic heterocycles. The van der Waals surface area contributed by atoms with Gasteiger partial charge in [0, 0.05) is 6.42 Å². The molecular formula is C15H21N3. The van der Waals surface area contributed by atoms with Gasteiger partial charge in [0.05, 0.1) is 11.0 Å². The van der Waals surface area contributed by atoms with Gasteiger partial charge in [-0.15, -0.1) is 0 Å². The minimum Gasteiger partial charge on any atom is -0.342 e. The van der Waals surface area contributed by atoms with Gasteiger partial charge in [-0.3, -0.25) is 0 Å². The lowest BCUT2D eigenvalue weighted by molar-refractivity contribution is 0.142. The van der Waals surface area contributed by atoms with E-state index in [-0.39, 0.29) is 0 Å². The summed E-state index contributed by atoms with van der Waals surface area (Å²) in [6.45, 7) is 2.96. The van der Waals surface area contributed by atoms with Gasteiger partial charge in [-0.25, -0.2) is 4.98 Å². The first-order valence-electron chi connectivity index (χ1n) is 6.92. The summed E-state index contributed by atoms with van der Waals surface area (Å²) in [7, 11) is 0. The Kier molecular flexibility index (Phi) is 2.86. The topological polar surface area (TPSA) is 54.7 Å². The number of benzene rings is 1. The zero-order chi connectivity index (χ0) is 12.6. The zero-order valence-corrected chi connectivity index (χ0v) is 11.0. The number of aryl methyl sites for hydroxylation is 1. The lowest BCUT2D eigenvalue weighted by Crippen LogP contribution is -2.39. The van der Waals surface area contributed by atoms with Crippen molar-refractivity contribution in [1.29, 1.82) is 0 Å². The van der Waals surface area contributed by atoms with Crippen LogP contribution in [0.4, 0.5) is 0 Å². The summed E-state index contributed by atoms with van der Waals surface area (Å²) in [5.41, 5.74) is 9.83. The van der Waals surface area contributed by atoms with Crippen molar-refractivity contribution in [3.8, 4) is 0 Å². The first-order chi connectivity index (χ1) is 8.74. The van der Waals surface area contributed by atoms with Crippen LogP contribution in [-0.2, 0) is 12.8 Å². The average Bonchev–Trinajstić information content (AvgIpc) is 2.74. The molecular weight excluding hydrogens is 222 g/mol. The molecule has 2 aromatic rings. The predicted octanol–water partition coefficient (Wildman–Crippen LogP) is 2.80. The van der Waals surface area contributed by atoms with E-state index in [0.29, 0.717) is 5.41 Å². The van der Waals surface area contributed by atoms with Crippen LogP contribution in [0.25, 0.3) is 11.0 Å². The molecule has 0 saturated heterocycles. The van der Waals surface area contributed by atoms with E-state index in [4.69, 9.17) is 10.7 Å². The fraction of sp³-hybridized carbons (Fsp3) is 0.533. The Morgan fingerprint density at radius 1 is 1.39 bits per heavy atom. The number of rotatable bonds is 4. The van der Waals surface area contributed by atoms with Crippen molar-refractivity contribution in [2.45, 2.75) is 39.0 Å². The minimum absolute atomic E-state index is 0.321. The van der Waals surface area contributed by atoms with E-state index in [2.05, 4.69) is 30.1 Å². The van der Waals surface area contributed by atoms with Crippen LogP contribution >= 0.6 is 0 Å². The van der Waals surface area contributed by atoms with Gasteiger partial charge in [-0.05, 0) is 48.9 Å². The van der Waals surface area contributed by atoms with Crippen molar-refractivity contribution >= 4 is 11.0 Å². The maximum atomic E-state index is 5.91. The van der Waals surface area contributed by atoms with Crippen molar-refractivity contribution in [1.82, 2.24) is 9.97 Å². The molecule has 3 N–H and O–H groups in total. The van der Waals surface area contributed by atoms with Crippen LogP contribution in [0, 0.1) is 5.41 Å². The quantitative estimate of drug-likeness (QED) is 0.867. The molecule has 18 heavy (non-hydrogen) atoms. The molecule has 1 fully saturated rings. The molecule has 3 heteroatoms. The van der Waals surface area contributed by atoms with Gasteiger partial charge in [-0.2, -0.15) is 0 Å². The van der Waals surface area contributed by atoms with Gasteiger partial charge in [0.15, 0.2) is 0 Å². The molecule has 0 atom stereocenters. The summed E-state index contributed by atoms with van der Waals surface area (Å²) in [5.74, 6) is 1.10. The number of aromatic amines is 1. The number of nitrogens with two attached hydrogens (primary N) is 1. The van der Waals surface area contributed by atoms with Crippen LogP contribution in [0.2, 0.25) is 0 Å². The van der Waals surface area contributed by atoms with E-state index in [1.54, 1.807) is 0 Å². The number of nitrogens with zero attached hydrogens (tertiary/aromatic N) is 1. The van der Waals surface area contributed by atoms with E-state index in [9.17, 15) is 0 Å². The SMILES string of the molecule is CCc1ccc2nc(CC3(CN)CCC3)[nH]c2c1. The molecule has 0 unspecified atom stereocenters. The van der Waals surface area contributed by atoms with Gasteiger partial charge in [-0.1, -0.05) is 19.4 Å². The highest BCUT2D eigenvalue weighted by atomic mass is 14.9. The lowest BCUT2D eigenvalue weighted by Gasteiger charge is -2.40. The van der Waals surface area contributed by atoms with E-state index in [1.165, 1.54) is 24.8 Å². The first-order valence-corrected chi connectivity index (χ1v) is 6.92. The Hall–Kier alpha value is -1.35. The van der Waals surface area contributed by atoms with Crippen LogP contribution < -0.4 is 5.73 Å². The monoisotopic (exact) mass is 243 g/mol. The highest BCUT2D eigenvalue weighted by molar-refractivity contribution is 5.75. The Balaban J connectivity index is 1.88. The minimum atomic E-state index is 0.321. The Morgan fingerprint density at radius 2 is 2.22 bits per heavy atom. The van der Waals surface area contributed by atoms with E-state index >= 15 is 0 Å². The number of hydrogen-bond acceptors (Lipinski definition) is 2. The molecule has 3 nitrogen and oxygen atoms in total. The van der Waals surface area contributed by atoms with Gasteiger partial charge in [0.25, 0.3) is 0 Å². The Bertz CT molecular complexity index is 546. The second-order valence-corrected chi connectivity index (χ2v) is 5.62. The molecule has 0 amide bonds. The molecule has 1 saturated carbocycles. The van der Waals surface area contributed by atoms with E-state index in [1.807, 2.05) is 0 Å². The second-order valence-electron chi connectivity index (χ2n) is 5.62. The number of hydrogen-bond donors (Lipinski definition) is 2. The van der Waals surface area contributed by atoms with Crippen LogP contribution in [-0.4, -0.2) is 16.5 Å². The predicted molar refractivity (Wildman–Crippen MR) is 74.5 cm³/mol. The summed E-state index contributed by atoms with van der Waals surface area (Å²) >= 11 is 0. The number of aromatic nitrogens is 2. The number of imidazole rings is 1. The van der Waals surface area contributed by atoms with Crippen LogP contribution in [0.5, 0.6) is 0 Å². The molecule has 0 bridgehead atoms. The molecule has 96 valence electrons. The summed E-state index contributed by atoms with van der Waals surface area (Å²) < 4.78 is 0. The summed E-state index contributed by atoms with van der Waals surface area (Å²) in [5, 5.41) is 0. The first kappa shape index (κ1) is 11.7. The highest BCUT2D eigenvalue weighted by Crippen LogP contribution is 2.42. The van der Waals surface area contributed by atoms with Gasteiger partial charge >= 0.3 is 0 Å². The third kappa shape index (κ3) is 1.93. The Labute approximate surface area is 108 Å². The summed E-state index contributed by atoms with van der Waals surface area (Å²) in [6, 6.07) is 6.49. The van der Waals surface area contributed by atoms with E-state index in [0.717, 1.165) is 36.2 Å². The largest absolute Gasteiger partial charge is 0.342 e. The fourth-order valence-electron chi connectivity index (χ4n) is 2.90. The molecule has 3 rings (SSSR count). The average molecular weight is 243 g/mol. The maximum absolute atomic E-state index is 5.91. The Morgan fingerprint density at radius 3 is 2.83 bits per heavy atom. The molecule has 1 heterocycles. The normalized spacial score (nSPS) is 17.9. The molecule has 0 radical (unpaired) electrons. The molecule has 1 aliphatic carbocycles. The molecule has 1 aromatic carbocycles. The summed E-state index contributed by atoms with van der Waals surface area (Å²) in [6.07, 6.45) is 5.88. The standard InChI is InChI=1S/C15H21N3/c1-2-11-4-5-12-13(8-11)18-14(17-12)9-15(10-16)6-3-7-15/h4-5,8H,2-3,6-7,9-10,16H2,1H3,(H,17,18). The van der Waals surface area contributed by atoms with Gasteiger partial charge in [0.1, 0.15) is 5.82 Å². The number of H-pyrrole nitrogens is 1. The van der Waals surface area contributed by atoms with E-state index < -0.39 is 0 Å².